The topological polar surface area (TPSA) is 43.8 Å². The van der Waals surface area contributed by atoms with Crippen LogP contribution in [0.1, 0.15) is 5.56 Å². The van der Waals surface area contributed by atoms with E-state index in [1.54, 1.807) is 0 Å². The fourth-order valence-corrected chi connectivity index (χ4v) is 2.86. The second-order valence-electron chi connectivity index (χ2n) is 5.55. The van der Waals surface area contributed by atoms with Gasteiger partial charge < -0.3 is 14.9 Å². The third-order valence-electron chi connectivity index (χ3n) is 4.06. The van der Waals surface area contributed by atoms with Gasteiger partial charge in [-0.25, -0.2) is 0 Å². The van der Waals surface area contributed by atoms with E-state index >= 15 is 0 Å². The van der Waals surface area contributed by atoms with Crippen LogP contribution in [0.15, 0.2) is 54.6 Å². The van der Waals surface area contributed by atoms with Crippen molar-refractivity contribution in [3.63, 3.8) is 0 Å². The highest BCUT2D eigenvalue weighted by Gasteiger charge is 2.17. The second kappa shape index (κ2) is 6.52. The summed E-state index contributed by atoms with van der Waals surface area (Å²) in [5, 5.41) is 8.81. The third kappa shape index (κ3) is 3.39. The van der Waals surface area contributed by atoms with Crippen LogP contribution in [-0.4, -0.2) is 37.3 Å². The highest BCUT2D eigenvalue weighted by atomic mass is 16.4. The first-order chi connectivity index (χ1) is 10.7. The lowest BCUT2D eigenvalue weighted by Gasteiger charge is -2.37. The average Bonchev–Trinajstić information content (AvgIpc) is 2.56. The molecule has 2 aromatic rings. The van der Waals surface area contributed by atoms with Crippen molar-refractivity contribution in [3.8, 4) is 0 Å². The van der Waals surface area contributed by atoms with Gasteiger partial charge in [-0.15, -0.1) is 0 Å². The maximum atomic E-state index is 10.7. The van der Waals surface area contributed by atoms with Gasteiger partial charge in [0, 0.05) is 37.6 Å². The van der Waals surface area contributed by atoms with Gasteiger partial charge in [-0.3, -0.25) is 4.79 Å². The minimum absolute atomic E-state index is 0.0854. The first kappa shape index (κ1) is 14.4. The Bertz CT molecular complexity index is 617. The Balaban J connectivity index is 1.60. The summed E-state index contributed by atoms with van der Waals surface area (Å²) in [5.74, 6) is -0.788. The first-order valence-electron chi connectivity index (χ1n) is 7.58. The fourth-order valence-electron chi connectivity index (χ4n) is 2.86. The van der Waals surface area contributed by atoms with Crippen LogP contribution in [-0.2, 0) is 11.2 Å². The molecule has 1 saturated heterocycles. The number of carboxylic acid groups (broad SMARTS) is 1. The van der Waals surface area contributed by atoms with Gasteiger partial charge >= 0.3 is 5.97 Å². The summed E-state index contributed by atoms with van der Waals surface area (Å²) in [5.41, 5.74) is 3.29. The smallest absolute Gasteiger partial charge is 0.307 e. The van der Waals surface area contributed by atoms with Gasteiger partial charge in [0.15, 0.2) is 0 Å². The number of para-hydroxylation sites is 1. The van der Waals surface area contributed by atoms with E-state index in [1.807, 2.05) is 30.3 Å². The van der Waals surface area contributed by atoms with Crippen LogP contribution in [0.3, 0.4) is 0 Å². The predicted octanol–water partition coefficient (Wildman–Crippen LogP) is 2.64. The molecule has 0 spiro atoms. The van der Waals surface area contributed by atoms with Gasteiger partial charge in [-0.1, -0.05) is 30.3 Å². The molecule has 1 fully saturated rings. The lowest BCUT2D eigenvalue weighted by Crippen LogP contribution is -2.46. The molecule has 4 nitrogen and oxygen atoms in total. The number of piperazine rings is 1. The van der Waals surface area contributed by atoms with E-state index in [1.165, 1.54) is 11.4 Å². The van der Waals surface area contributed by atoms with Gasteiger partial charge in [-0.05, 0) is 29.8 Å². The minimum Gasteiger partial charge on any atom is -0.481 e. The molecule has 0 unspecified atom stereocenters. The van der Waals surface area contributed by atoms with E-state index in [9.17, 15) is 4.79 Å². The summed E-state index contributed by atoms with van der Waals surface area (Å²) in [6.07, 6.45) is 0.0854. The maximum Gasteiger partial charge on any atom is 0.307 e. The van der Waals surface area contributed by atoms with Crippen LogP contribution in [0.5, 0.6) is 0 Å². The summed E-state index contributed by atoms with van der Waals surface area (Å²) in [4.78, 5) is 15.5. The van der Waals surface area contributed by atoms with Crippen molar-refractivity contribution in [2.75, 3.05) is 36.0 Å². The zero-order valence-corrected chi connectivity index (χ0v) is 12.5. The highest BCUT2D eigenvalue weighted by Crippen LogP contribution is 2.20. The Morgan fingerprint density at radius 1 is 0.818 bits per heavy atom. The highest BCUT2D eigenvalue weighted by molar-refractivity contribution is 5.70. The molecule has 1 N–H and O–H groups in total. The van der Waals surface area contributed by atoms with Gasteiger partial charge in [0.05, 0.1) is 6.42 Å². The third-order valence-corrected chi connectivity index (χ3v) is 4.06. The van der Waals surface area contributed by atoms with Crippen LogP contribution >= 0.6 is 0 Å². The Morgan fingerprint density at radius 3 is 1.82 bits per heavy atom. The first-order valence-corrected chi connectivity index (χ1v) is 7.58. The molecule has 4 heteroatoms. The van der Waals surface area contributed by atoms with Crippen molar-refractivity contribution in [3.05, 3.63) is 60.2 Å². The Labute approximate surface area is 130 Å². The molecule has 0 aliphatic carbocycles. The molecule has 0 amide bonds. The van der Waals surface area contributed by atoms with E-state index in [0.717, 1.165) is 31.7 Å². The molecule has 0 aromatic heterocycles. The average molecular weight is 296 g/mol. The quantitative estimate of drug-likeness (QED) is 0.942. The Kier molecular flexibility index (Phi) is 4.28. The minimum atomic E-state index is -0.788. The Hall–Kier alpha value is -2.49. The van der Waals surface area contributed by atoms with E-state index in [2.05, 4.69) is 34.1 Å². The number of anilines is 2. The summed E-state index contributed by atoms with van der Waals surface area (Å²) in [6.45, 7) is 3.96. The molecule has 22 heavy (non-hydrogen) atoms. The van der Waals surface area contributed by atoms with Crippen LogP contribution < -0.4 is 9.80 Å². The molecule has 0 atom stereocenters. The summed E-state index contributed by atoms with van der Waals surface area (Å²) in [7, 11) is 0. The number of hydrogen-bond donors (Lipinski definition) is 1. The molecule has 0 bridgehead atoms. The molecule has 1 aliphatic rings. The number of carbonyl (C=O) groups is 1. The zero-order valence-electron chi connectivity index (χ0n) is 12.5. The Morgan fingerprint density at radius 2 is 1.32 bits per heavy atom. The predicted molar refractivity (Wildman–Crippen MR) is 88.6 cm³/mol. The van der Waals surface area contributed by atoms with Crippen molar-refractivity contribution in [1.82, 2.24) is 0 Å². The molecule has 0 radical (unpaired) electrons. The van der Waals surface area contributed by atoms with Gasteiger partial charge in [0.25, 0.3) is 0 Å². The summed E-state index contributed by atoms with van der Waals surface area (Å²) >= 11 is 0. The van der Waals surface area contributed by atoms with E-state index in [0.29, 0.717) is 0 Å². The molecular formula is C18H20N2O2. The number of carboxylic acids is 1. The molecule has 1 heterocycles. The van der Waals surface area contributed by atoms with Crippen molar-refractivity contribution >= 4 is 17.3 Å². The normalized spacial score (nSPS) is 14.9. The van der Waals surface area contributed by atoms with Crippen LogP contribution in [0, 0.1) is 0 Å². The molecule has 0 saturated carbocycles. The molecule has 114 valence electrons. The molecule has 2 aromatic carbocycles. The summed E-state index contributed by atoms with van der Waals surface area (Å²) in [6, 6.07) is 18.4. The number of benzene rings is 2. The van der Waals surface area contributed by atoms with E-state index in [4.69, 9.17) is 5.11 Å². The number of hydrogen-bond acceptors (Lipinski definition) is 3. The fraction of sp³-hybridized carbons (Fsp3) is 0.278. The lowest BCUT2D eigenvalue weighted by molar-refractivity contribution is -0.136. The standard InChI is InChI=1S/C18H20N2O2/c21-18(22)14-15-6-8-17(9-7-15)20-12-10-19(11-13-20)16-4-2-1-3-5-16/h1-9H,10-14H2,(H,21,22). The van der Waals surface area contributed by atoms with Gasteiger partial charge in [0.1, 0.15) is 0 Å². The molecule has 3 rings (SSSR count). The van der Waals surface area contributed by atoms with Gasteiger partial charge in [0.2, 0.25) is 0 Å². The van der Waals surface area contributed by atoms with Crippen molar-refractivity contribution in [2.45, 2.75) is 6.42 Å². The largest absolute Gasteiger partial charge is 0.481 e. The van der Waals surface area contributed by atoms with Gasteiger partial charge in [-0.2, -0.15) is 0 Å². The molecule has 1 aliphatic heterocycles. The zero-order chi connectivity index (χ0) is 15.4. The summed E-state index contributed by atoms with van der Waals surface area (Å²) < 4.78 is 0. The maximum absolute atomic E-state index is 10.7. The lowest BCUT2D eigenvalue weighted by atomic mass is 10.1. The van der Waals surface area contributed by atoms with Crippen LogP contribution in [0.2, 0.25) is 0 Å². The van der Waals surface area contributed by atoms with Crippen molar-refractivity contribution < 1.29 is 9.90 Å². The van der Waals surface area contributed by atoms with Crippen molar-refractivity contribution in [2.24, 2.45) is 0 Å². The second-order valence-corrected chi connectivity index (χ2v) is 5.55. The SMILES string of the molecule is O=C(O)Cc1ccc(N2CCN(c3ccccc3)CC2)cc1. The number of rotatable bonds is 4. The monoisotopic (exact) mass is 296 g/mol. The number of aliphatic carboxylic acids is 1. The van der Waals surface area contributed by atoms with E-state index in [-0.39, 0.29) is 6.42 Å². The molecular weight excluding hydrogens is 276 g/mol. The van der Waals surface area contributed by atoms with Crippen LogP contribution in [0.25, 0.3) is 0 Å². The van der Waals surface area contributed by atoms with Crippen molar-refractivity contribution in [1.29, 1.82) is 0 Å². The van der Waals surface area contributed by atoms with Crippen LogP contribution in [0.4, 0.5) is 11.4 Å². The van der Waals surface area contributed by atoms with E-state index < -0.39 is 5.97 Å². The number of nitrogens with zero attached hydrogens (tertiary/aromatic N) is 2.